The van der Waals surface area contributed by atoms with Gasteiger partial charge in [0.25, 0.3) is 0 Å². The zero-order chi connectivity index (χ0) is 15.0. The predicted octanol–water partition coefficient (Wildman–Crippen LogP) is 2.69. The van der Waals surface area contributed by atoms with Crippen LogP contribution in [0.2, 0.25) is 5.02 Å². The molecule has 2 atom stereocenters. The third kappa shape index (κ3) is 2.74. The van der Waals surface area contributed by atoms with Gasteiger partial charge in [-0.2, -0.15) is 0 Å². The number of piperidine rings is 1. The first-order chi connectivity index (χ1) is 10.1. The van der Waals surface area contributed by atoms with E-state index >= 15 is 0 Å². The Morgan fingerprint density at radius 1 is 1.33 bits per heavy atom. The van der Waals surface area contributed by atoms with Gasteiger partial charge in [-0.15, -0.1) is 0 Å². The quantitative estimate of drug-likeness (QED) is 0.652. The summed E-state index contributed by atoms with van der Waals surface area (Å²) < 4.78 is 0. The lowest BCUT2D eigenvalue weighted by Gasteiger charge is -2.48. The first-order valence-corrected chi connectivity index (χ1v) is 8.09. The summed E-state index contributed by atoms with van der Waals surface area (Å²) in [7, 11) is 0. The number of hydrogen-bond acceptors (Lipinski definition) is 3. The van der Waals surface area contributed by atoms with Crippen molar-refractivity contribution in [3.8, 4) is 0 Å². The summed E-state index contributed by atoms with van der Waals surface area (Å²) in [5.41, 5.74) is 7.44. The van der Waals surface area contributed by atoms with Crippen molar-refractivity contribution >= 4 is 23.1 Å². The fraction of sp³-hybridized carbons (Fsp3) is 0.562. The number of halogens is 1. The molecule has 114 valence electrons. The second-order valence-electron chi connectivity index (χ2n) is 6.19. The van der Waals surface area contributed by atoms with Gasteiger partial charge in [0.05, 0.1) is 10.6 Å². The van der Waals surface area contributed by atoms with Crippen LogP contribution in [-0.2, 0) is 0 Å². The molecule has 0 aliphatic carbocycles. The van der Waals surface area contributed by atoms with Gasteiger partial charge in [-0.05, 0) is 38.4 Å². The second-order valence-corrected chi connectivity index (χ2v) is 6.60. The minimum atomic E-state index is 0.0499. The van der Waals surface area contributed by atoms with Crippen LogP contribution >= 0.6 is 11.6 Å². The molecule has 0 aromatic heterocycles. The molecule has 0 spiro atoms. The van der Waals surface area contributed by atoms with Crippen molar-refractivity contribution in [1.29, 1.82) is 5.41 Å². The summed E-state index contributed by atoms with van der Waals surface area (Å²) in [6.07, 6.45) is 3.90. The van der Waals surface area contributed by atoms with Gasteiger partial charge < -0.3 is 10.6 Å². The molecular weight excluding hydrogens is 284 g/mol. The molecule has 2 aliphatic rings. The largest absolute Gasteiger partial charge is 0.384 e. The van der Waals surface area contributed by atoms with Crippen molar-refractivity contribution in [3.63, 3.8) is 0 Å². The van der Waals surface area contributed by atoms with Crippen LogP contribution in [0.1, 0.15) is 31.7 Å². The van der Waals surface area contributed by atoms with E-state index in [1.54, 1.807) is 0 Å². The standard InChI is InChI=1S/C16H23ClN4/c1-11-9-20-8-3-2-5-12(20)10-21(11)14-7-4-6-13(17)15(14)16(18)19/h4,6-7,11-12H,2-3,5,8-10H2,1H3,(H3,18,19). The Kier molecular flexibility index (Phi) is 4.09. The van der Waals surface area contributed by atoms with Gasteiger partial charge in [-0.1, -0.05) is 24.1 Å². The maximum atomic E-state index is 7.84. The van der Waals surface area contributed by atoms with Crippen molar-refractivity contribution in [3.05, 3.63) is 28.8 Å². The maximum absolute atomic E-state index is 7.84. The monoisotopic (exact) mass is 306 g/mol. The molecule has 2 saturated heterocycles. The molecule has 0 radical (unpaired) electrons. The van der Waals surface area contributed by atoms with Gasteiger partial charge in [0.2, 0.25) is 0 Å². The highest BCUT2D eigenvalue weighted by molar-refractivity contribution is 6.34. The smallest absolute Gasteiger partial charge is 0.126 e. The Labute approximate surface area is 131 Å². The lowest BCUT2D eigenvalue weighted by Crippen LogP contribution is -2.59. The average Bonchev–Trinajstić information content (AvgIpc) is 2.45. The Hall–Kier alpha value is -1.26. The summed E-state index contributed by atoms with van der Waals surface area (Å²) in [6.45, 7) is 5.55. The van der Waals surface area contributed by atoms with E-state index in [9.17, 15) is 0 Å². The number of amidine groups is 1. The molecule has 21 heavy (non-hydrogen) atoms. The number of nitrogens with two attached hydrogens (primary N) is 1. The summed E-state index contributed by atoms with van der Waals surface area (Å²) in [6, 6.07) is 6.83. The zero-order valence-corrected chi connectivity index (χ0v) is 13.2. The van der Waals surface area contributed by atoms with Crippen LogP contribution in [0.5, 0.6) is 0 Å². The van der Waals surface area contributed by atoms with Crippen molar-refractivity contribution in [2.24, 2.45) is 5.73 Å². The Bertz CT molecular complexity index is 545. The number of benzene rings is 1. The van der Waals surface area contributed by atoms with E-state index in [0.717, 1.165) is 18.8 Å². The molecule has 2 unspecified atom stereocenters. The molecule has 0 amide bonds. The highest BCUT2D eigenvalue weighted by atomic mass is 35.5. The van der Waals surface area contributed by atoms with E-state index in [4.69, 9.17) is 22.7 Å². The summed E-state index contributed by atoms with van der Waals surface area (Å²) >= 11 is 6.27. The van der Waals surface area contributed by atoms with E-state index in [1.807, 2.05) is 18.2 Å². The van der Waals surface area contributed by atoms with Gasteiger partial charge in [0.15, 0.2) is 0 Å². The van der Waals surface area contributed by atoms with Crippen molar-refractivity contribution in [1.82, 2.24) is 4.90 Å². The fourth-order valence-electron chi connectivity index (χ4n) is 3.71. The van der Waals surface area contributed by atoms with Gasteiger partial charge in [-0.25, -0.2) is 0 Å². The molecule has 3 rings (SSSR count). The van der Waals surface area contributed by atoms with Crippen LogP contribution in [0.25, 0.3) is 0 Å². The van der Waals surface area contributed by atoms with E-state index < -0.39 is 0 Å². The van der Waals surface area contributed by atoms with Gasteiger partial charge in [0, 0.05) is 30.9 Å². The molecule has 2 fully saturated rings. The molecule has 2 heterocycles. The molecule has 2 aliphatic heterocycles. The maximum Gasteiger partial charge on any atom is 0.126 e. The number of rotatable bonds is 2. The van der Waals surface area contributed by atoms with E-state index in [-0.39, 0.29) is 5.84 Å². The summed E-state index contributed by atoms with van der Waals surface area (Å²) in [4.78, 5) is 5.00. The van der Waals surface area contributed by atoms with Crippen molar-refractivity contribution in [2.45, 2.75) is 38.3 Å². The van der Waals surface area contributed by atoms with Crippen LogP contribution in [0, 0.1) is 5.41 Å². The van der Waals surface area contributed by atoms with E-state index in [0.29, 0.717) is 22.7 Å². The zero-order valence-electron chi connectivity index (χ0n) is 12.5. The highest BCUT2D eigenvalue weighted by Gasteiger charge is 2.34. The molecule has 1 aromatic rings. The van der Waals surface area contributed by atoms with Crippen molar-refractivity contribution < 1.29 is 0 Å². The van der Waals surface area contributed by atoms with Crippen LogP contribution in [-0.4, -0.2) is 42.5 Å². The Morgan fingerprint density at radius 2 is 2.14 bits per heavy atom. The van der Waals surface area contributed by atoms with Gasteiger partial charge >= 0.3 is 0 Å². The third-order valence-electron chi connectivity index (χ3n) is 4.76. The molecule has 5 heteroatoms. The molecule has 0 bridgehead atoms. The number of anilines is 1. The lowest BCUT2D eigenvalue weighted by molar-refractivity contribution is 0.115. The van der Waals surface area contributed by atoms with E-state index in [2.05, 4.69) is 16.7 Å². The molecule has 4 nitrogen and oxygen atoms in total. The highest BCUT2D eigenvalue weighted by Crippen LogP contribution is 2.33. The molecule has 0 saturated carbocycles. The minimum absolute atomic E-state index is 0.0499. The molecule has 3 N–H and O–H groups in total. The number of nitrogen functional groups attached to an aromatic ring is 1. The number of piperazine rings is 1. The summed E-state index contributed by atoms with van der Waals surface area (Å²) in [5, 5.41) is 8.41. The average molecular weight is 307 g/mol. The minimum Gasteiger partial charge on any atom is -0.384 e. The SMILES string of the molecule is CC1CN2CCCCC2CN1c1cccc(Cl)c1C(=N)N. The van der Waals surface area contributed by atoms with E-state index in [1.165, 1.54) is 25.8 Å². The number of fused-ring (bicyclic) bond motifs is 1. The lowest BCUT2D eigenvalue weighted by atomic mass is 9.96. The first-order valence-electron chi connectivity index (χ1n) is 7.71. The predicted molar refractivity (Wildman–Crippen MR) is 88.5 cm³/mol. The second kappa shape index (κ2) is 5.85. The van der Waals surface area contributed by atoms with Crippen LogP contribution in [0.3, 0.4) is 0 Å². The molecular formula is C16H23ClN4. The third-order valence-corrected chi connectivity index (χ3v) is 5.07. The summed E-state index contributed by atoms with van der Waals surface area (Å²) in [5.74, 6) is 0.0499. The van der Waals surface area contributed by atoms with Crippen LogP contribution < -0.4 is 10.6 Å². The van der Waals surface area contributed by atoms with Crippen LogP contribution in [0.4, 0.5) is 5.69 Å². The Balaban J connectivity index is 1.93. The Morgan fingerprint density at radius 3 is 2.90 bits per heavy atom. The van der Waals surface area contributed by atoms with Gasteiger partial charge in [0.1, 0.15) is 5.84 Å². The first kappa shape index (κ1) is 14.7. The van der Waals surface area contributed by atoms with Crippen molar-refractivity contribution in [2.75, 3.05) is 24.5 Å². The normalized spacial score (nSPS) is 26.5. The number of hydrogen-bond donors (Lipinski definition) is 2. The number of nitrogens with zero attached hydrogens (tertiary/aromatic N) is 2. The topological polar surface area (TPSA) is 56.4 Å². The fourth-order valence-corrected chi connectivity index (χ4v) is 3.98. The molecule has 1 aromatic carbocycles. The van der Waals surface area contributed by atoms with Crippen LogP contribution in [0.15, 0.2) is 18.2 Å². The number of nitrogens with one attached hydrogen (secondary N) is 1. The van der Waals surface area contributed by atoms with Gasteiger partial charge in [-0.3, -0.25) is 10.3 Å².